The Bertz CT molecular complexity index is 1280. The highest BCUT2D eigenvalue weighted by molar-refractivity contribution is 6.06. The summed E-state index contributed by atoms with van der Waals surface area (Å²) in [4.78, 5) is 17.7. The molecule has 5 heteroatoms. The normalized spacial score (nSPS) is 11.2. The quantitative estimate of drug-likeness (QED) is 0.470. The zero-order chi connectivity index (χ0) is 19.1. The van der Waals surface area contributed by atoms with Gasteiger partial charge in [0, 0.05) is 17.1 Å². The average Bonchev–Trinajstić information content (AvgIpc) is 3.32. The number of hydrogen-bond donors (Lipinski definition) is 1. The Labute approximate surface area is 161 Å². The van der Waals surface area contributed by atoms with Crippen LogP contribution in [0.2, 0.25) is 0 Å². The van der Waals surface area contributed by atoms with E-state index in [-0.39, 0.29) is 11.7 Å². The molecular formula is C23H17N3O2. The molecule has 3 aromatic heterocycles. The van der Waals surface area contributed by atoms with Gasteiger partial charge in [-0.1, -0.05) is 54.6 Å². The number of nitrogens with zero attached hydrogens (tertiary/aromatic N) is 2. The largest absolute Gasteiger partial charge is 0.451 e. The minimum atomic E-state index is -0.309. The Morgan fingerprint density at radius 1 is 1.00 bits per heavy atom. The second kappa shape index (κ2) is 6.39. The number of nitrogens with one attached hydrogen (secondary N) is 1. The van der Waals surface area contributed by atoms with Crippen LogP contribution in [0, 0.1) is 6.92 Å². The van der Waals surface area contributed by atoms with E-state index in [2.05, 4.69) is 5.32 Å². The number of anilines is 1. The van der Waals surface area contributed by atoms with E-state index in [1.54, 1.807) is 6.07 Å². The molecular weight excluding hydrogens is 350 g/mol. The predicted octanol–water partition coefficient (Wildman–Crippen LogP) is 5.31. The number of pyridine rings is 1. The highest BCUT2D eigenvalue weighted by Crippen LogP contribution is 2.30. The van der Waals surface area contributed by atoms with Gasteiger partial charge in [-0.15, -0.1) is 0 Å². The monoisotopic (exact) mass is 367 g/mol. The van der Waals surface area contributed by atoms with Crippen molar-refractivity contribution in [2.75, 3.05) is 5.32 Å². The van der Waals surface area contributed by atoms with E-state index in [1.807, 2.05) is 84.3 Å². The Balaban J connectivity index is 1.63. The minimum Gasteiger partial charge on any atom is -0.451 e. The number of rotatable bonds is 3. The summed E-state index contributed by atoms with van der Waals surface area (Å²) in [5.74, 6) is 0.579. The van der Waals surface area contributed by atoms with Gasteiger partial charge in [0.15, 0.2) is 5.76 Å². The first-order valence-corrected chi connectivity index (χ1v) is 9.04. The predicted molar refractivity (Wildman–Crippen MR) is 110 cm³/mol. The molecule has 1 N–H and O–H groups in total. The maximum atomic E-state index is 12.9. The number of hydrogen-bond acceptors (Lipinski definition) is 3. The Kier molecular flexibility index (Phi) is 3.72. The van der Waals surface area contributed by atoms with Gasteiger partial charge < -0.3 is 9.73 Å². The van der Waals surface area contributed by atoms with Crippen molar-refractivity contribution in [1.29, 1.82) is 0 Å². The molecule has 28 heavy (non-hydrogen) atoms. The zero-order valence-corrected chi connectivity index (χ0v) is 15.2. The van der Waals surface area contributed by atoms with Gasteiger partial charge in [-0.2, -0.15) is 0 Å². The van der Waals surface area contributed by atoms with Crippen molar-refractivity contribution in [2.24, 2.45) is 0 Å². The fourth-order valence-electron chi connectivity index (χ4n) is 3.38. The Morgan fingerprint density at radius 3 is 2.61 bits per heavy atom. The molecule has 3 heterocycles. The van der Waals surface area contributed by atoms with E-state index in [9.17, 15) is 4.79 Å². The molecule has 0 unspecified atom stereocenters. The molecule has 5 aromatic rings. The zero-order valence-electron chi connectivity index (χ0n) is 15.2. The SMILES string of the molecule is Cc1cccn2c(NC(=O)c3cc4ccccc4o3)c(-c3ccccc3)nc12. The summed E-state index contributed by atoms with van der Waals surface area (Å²) in [6.45, 7) is 2.00. The van der Waals surface area contributed by atoms with Gasteiger partial charge in [0.25, 0.3) is 5.91 Å². The highest BCUT2D eigenvalue weighted by Gasteiger charge is 2.20. The van der Waals surface area contributed by atoms with Gasteiger partial charge in [-0.3, -0.25) is 9.20 Å². The summed E-state index contributed by atoms with van der Waals surface area (Å²) >= 11 is 0. The van der Waals surface area contributed by atoms with Crippen molar-refractivity contribution in [2.45, 2.75) is 6.92 Å². The van der Waals surface area contributed by atoms with E-state index in [4.69, 9.17) is 9.40 Å². The smallest absolute Gasteiger partial charge is 0.292 e. The average molecular weight is 367 g/mol. The lowest BCUT2D eigenvalue weighted by molar-refractivity contribution is 0.0998. The Hall–Kier alpha value is -3.86. The van der Waals surface area contributed by atoms with Crippen molar-refractivity contribution in [1.82, 2.24) is 9.38 Å². The van der Waals surface area contributed by atoms with Crippen LogP contribution in [0.5, 0.6) is 0 Å². The van der Waals surface area contributed by atoms with E-state index >= 15 is 0 Å². The summed E-state index contributed by atoms with van der Waals surface area (Å²) in [5, 5.41) is 3.90. The molecule has 0 spiro atoms. The topological polar surface area (TPSA) is 59.5 Å². The maximum Gasteiger partial charge on any atom is 0.292 e. The molecule has 0 radical (unpaired) electrons. The lowest BCUT2D eigenvalue weighted by Gasteiger charge is -2.07. The van der Waals surface area contributed by atoms with Crippen LogP contribution in [0.4, 0.5) is 5.82 Å². The molecule has 0 fully saturated rings. The van der Waals surface area contributed by atoms with Crippen LogP contribution in [0.1, 0.15) is 16.1 Å². The number of carbonyl (C=O) groups excluding carboxylic acids is 1. The number of para-hydroxylation sites is 1. The van der Waals surface area contributed by atoms with E-state index in [0.29, 0.717) is 11.4 Å². The van der Waals surface area contributed by atoms with Crippen molar-refractivity contribution < 1.29 is 9.21 Å². The third-order valence-electron chi connectivity index (χ3n) is 4.77. The summed E-state index contributed by atoms with van der Waals surface area (Å²) in [6.07, 6.45) is 1.90. The highest BCUT2D eigenvalue weighted by atomic mass is 16.3. The van der Waals surface area contributed by atoms with Gasteiger partial charge in [0.2, 0.25) is 0 Å². The fraction of sp³-hybridized carbons (Fsp3) is 0.0435. The number of aromatic nitrogens is 2. The van der Waals surface area contributed by atoms with Crippen LogP contribution in [-0.4, -0.2) is 15.3 Å². The molecule has 2 aromatic carbocycles. The summed E-state index contributed by atoms with van der Waals surface area (Å²) < 4.78 is 7.62. The van der Waals surface area contributed by atoms with Gasteiger partial charge >= 0.3 is 0 Å². The number of amides is 1. The number of imidazole rings is 1. The van der Waals surface area contributed by atoms with Crippen molar-refractivity contribution in [3.63, 3.8) is 0 Å². The van der Waals surface area contributed by atoms with E-state index < -0.39 is 0 Å². The number of carbonyl (C=O) groups is 1. The standard InChI is InChI=1S/C23H17N3O2/c1-15-8-7-13-26-21(15)24-20(16-9-3-2-4-10-16)22(26)25-23(27)19-14-17-11-5-6-12-18(17)28-19/h2-14H,1H3,(H,25,27). The number of furan rings is 1. The third-order valence-corrected chi connectivity index (χ3v) is 4.77. The number of aryl methyl sites for hydroxylation is 1. The summed E-state index contributed by atoms with van der Waals surface area (Å²) in [5.41, 5.74) is 4.18. The van der Waals surface area contributed by atoms with Crippen LogP contribution in [-0.2, 0) is 0 Å². The molecule has 0 atom stereocenters. The lowest BCUT2D eigenvalue weighted by atomic mass is 10.1. The molecule has 0 saturated heterocycles. The molecule has 5 nitrogen and oxygen atoms in total. The molecule has 0 aliphatic carbocycles. The van der Waals surface area contributed by atoms with Gasteiger partial charge in [-0.25, -0.2) is 4.98 Å². The minimum absolute atomic E-state index is 0.266. The van der Waals surface area contributed by atoms with Gasteiger partial charge in [0.05, 0.1) is 0 Å². The number of benzene rings is 2. The molecule has 5 rings (SSSR count). The molecule has 0 aliphatic rings. The third kappa shape index (κ3) is 2.65. The van der Waals surface area contributed by atoms with Crippen LogP contribution in [0.3, 0.4) is 0 Å². The first kappa shape index (κ1) is 16.3. The van der Waals surface area contributed by atoms with Crippen molar-refractivity contribution in [3.05, 3.63) is 90.3 Å². The maximum absolute atomic E-state index is 12.9. The van der Waals surface area contributed by atoms with Crippen LogP contribution in [0.25, 0.3) is 27.9 Å². The second-order valence-corrected chi connectivity index (χ2v) is 6.66. The fourth-order valence-corrected chi connectivity index (χ4v) is 3.38. The Morgan fingerprint density at radius 2 is 1.79 bits per heavy atom. The first-order valence-electron chi connectivity index (χ1n) is 9.04. The van der Waals surface area contributed by atoms with Gasteiger partial charge in [0.1, 0.15) is 22.7 Å². The molecule has 0 aliphatic heterocycles. The number of fused-ring (bicyclic) bond motifs is 2. The van der Waals surface area contributed by atoms with Crippen LogP contribution >= 0.6 is 0 Å². The van der Waals surface area contributed by atoms with E-state index in [0.717, 1.165) is 27.9 Å². The lowest BCUT2D eigenvalue weighted by Crippen LogP contribution is -2.13. The summed E-state index contributed by atoms with van der Waals surface area (Å²) in [7, 11) is 0. The second-order valence-electron chi connectivity index (χ2n) is 6.66. The van der Waals surface area contributed by atoms with E-state index in [1.165, 1.54) is 0 Å². The van der Waals surface area contributed by atoms with Crippen LogP contribution in [0.15, 0.2) is 83.4 Å². The first-order chi connectivity index (χ1) is 13.7. The molecule has 136 valence electrons. The molecule has 0 bridgehead atoms. The molecule has 0 saturated carbocycles. The van der Waals surface area contributed by atoms with Crippen LogP contribution < -0.4 is 5.32 Å². The van der Waals surface area contributed by atoms with Crippen molar-refractivity contribution >= 4 is 28.3 Å². The molecule has 1 amide bonds. The summed E-state index contributed by atoms with van der Waals surface area (Å²) in [6, 6.07) is 23.1. The van der Waals surface area contributed by atoms with Crippen molar-refractivity contribution in [3.8, 4) is 11.3 Å². The van der Waals surface area contributed by atoms with Gasteiger partial charge in [-0.05, 0) is 30.7 Å².